The molecule has 17 heavy (non-hydrogen) atoms. The van der Waals surface area contributed by atoms with Crippen molar-refractivity contribution in [3.8, 4) is 0 Å². The third-order valence-electron chi connectivity index (χ3n) is 3.31. The first kappa shape index (κ1) is 14.5. The number of nitrogens with one attached hydrogen (secondary N) is 1. The highest BCUT2D eigenvalue weighted by Gasteiger charge is 2.26. The first-order chi connectivity index (χ1) is 8.04. The molecule has 4 heteroatoms. The van der Waals surface area contributed by atoms with E-state index in [9.17, 15) is 4.79 Å². The molecule has 1 aliphatic rings. The van der Waals surface area contributed by atoms with E-state index in [1.165, 1.54) is 20.0 Å². The summed E-state index contributed by atoms with van der Waals surface area (Å²) in [5.41, 5.74) is 0. The van der Waals surface area contributed by atoms with E-state index in [-0.39, 0.29) is 12.0 Å². The topological polar surface area (TPSA) is 41.6 Å². The van der Waals surface area contributed by atoms with E-state index < -0.39 is 0 Å². The molecule has 2 atom stereocenters. The summed E-state index contributed by atoms with van der Waals surface area (Å²) in [6.07, 6.45) is 2.45. The molecule has 2 unspecified atom stereocenters. The Morgan fingerprint density at radius 3 is 2.65 bits per heavy atom. The Bertz CT molecular complexity index is 238. The van der Waals surface area contributed by atoms with Gasteiger partial charge in [-0.05, 0) is 32.2 Å². The highest BCUT2D eigenvalue weighted by molar-refractivity contribution is 5.75. The molecule has 1 rings (SSSR count). The normalized spacial score (nSPS) is 22.1. The van der Waals surface area contributed by atoms with Crippen molar-refractivity contribution < 1.29 is 9.53 Å². The average Bonchev–Trinajstić information content (AvgIpc) is 2.78. The van der Waals surface area contributed by atoms with Crippen molar-refractivity contribution in [1.82, 2.24) is 10.2 Å². The van der Waals surface area contributed by atoms with Gasteiger partial charge in [-0.2, -0.15) is 0 Å². The number of esters is 1. The molecular weight excluding hydrogens is 216 g/mol. The van der Waals surface area contributed by atoms with Crippen LogP contribution >= 0.6 is 0 Å². The molecule has 0 aliphatic carbocycles. The lowest BCUT2D eigenvalue weighted by molar-refractivity contribution is -0.146. The van der Waals surface area contributed by atoms with Gasteiger partial charge in [0.05, 0.1) is 7.11 Å². The monoisotopic (exact) mass is 242 g/mol. The van der Waals surface area contributed by atoms with Crippen LogP contribution in [0.3, 0.4) is 0 Å². The number of ether oxygens (including phenoxy) is 1. The average molecular weight is 242 g/mol. The van der Waals surface area contributed by atoms with Crippen LogP contribution in [0, 0.1) is 5.92 Å². The molecule has 1 heterocycles. The van der Waals surface area contributed by atoms with Gasteiger partial charge in [-0.3, -0.25) is 9.69 Å². The molecule has 0 amide bonds. The number of hydrogen-bond acceptors (Lipinski definition) is 4. The predicted molar refractivity (Wildman–Crippen MR) is 68.9 cm³/mol. The first-order valence-corrected chi connectivity index (χ1v) is 6.59. The van der Waals surface area contributed by atoms with Crippen LogP contribution in [0.1, 0.15) is 33.6 Å². The predicted octanol–water partition coefficient (Wildman–Crippen LogP) is 1.26. The highest BCUT2D eigenvalue weighted by Crippen LogP contribution is 2.12. The molecule has 4 nitrogen and oxygen atoms in total. The Balaban J connectivity index is 2.54. The molecule has 0 aromatic heterocycles. The minimum Gasteiger partial charge on any atom is -0.468 e. The fourth-order valence-corrected chi connectivity index (χ4v) is 2.38. The van der Waals surface area contributed by atoms with Crippen LogP contribution in [0.5, 0.6) is 0 Å². The summed E-state index contributed by atoms with van der Waals surface area (Å²) in [6, 6.07) is 0.380. The summed E-state index contributed by atoms with van der Waals surface area (Å²) in [7, 11) is 1.46. The van der Waals surface area contributed by atoms with Crippen LogP contribution in [-0.2, 0) is 9.53 Å². The van der Waals surface area contributed by atoms with Crippen molar-refractivity contribution >= 4 is 5.97 Å². The van der Waals surface area contributed by atoms with E-state index in [1.54, 1.807) is 0 Å². The fraction of sp³-hybridized carbons (Fsp3) is 0.923. The molecule has 0 aromatic rings. The molecule has 0 spiro atoms. The molecular formula is C13H26N2O2. The fourth-order valence-electron chi connectivity index (χ4n) is 2.38. The molecule has 0 bridgehead atoms. The minimum absolute atomic E-state index is 0.136. The van der Waals surface area contributed by atoms with Crippen LogP contribution in [0.15, 0.2) is 0 Å². The lowest BCUT2D eigenvalue weighted by Crippen LogP contribution is -2.47. The largest absolute Gasteiger partial charge is 0.468 e. The Morgan fingerprint density at radius 2 is 2.18 bits per heavy atom. The molecule has 1 fully saturated rings. The molecule has 0 saturated carbocycles. The Hall–Kier alpha value is -0.610. The molecule has 0 aromatic carbocycles. The van der Waals surface area contributed by atoms with Gasteiger partial charge >= 0.3 is 5.97 Å². The Kier molecular flexibility index (Phi) is 5.92. The van der Waals surface area contributed by atoms with Gasteiger partial charge in [0.2, 0.25) is 0 Å². The van der Waals surface area contributed by atoms with E-state index >= 15 is 0 Å². The standard InChI is InChI=1S/C13H26N2O2/c1-10(2)8-15(11(3)13(16)17-4)9-12-6-5-7-14-12/h10-12,14H,5-9H2,1-4H3. The van der Waals surface area contributed by atoms with Crippen LogP contribution in [-0.4, -0.2) is 49.7 Å². The van der Waals surface area contributed by atoms with Crippen LogP contribution in [0.2, 0.25) is 0 Å². The van der Waals surface area contributed by atoms with Gasteiger partial charge < -0.3 is 10.1 Å². The minimum atomic E-state index is -0.148. The zero-order valence-corrected chi connectivity index (χ0v) is 11.5. The van der Waals surface area contributed by atoms with Gasteiger partial charge in [-0.15, -0.1) is 0 Å². The second kappa shape index (κ2) is 6.97. The van der Waals surface area contributed by atoms with Gasteiger partial charge in [-0.1, -0.05) is 13.8 Å². The van der Waals surface area contributed by atoms with Crippen molar-refractivity contribution in [2.45, 2.75) is 45.7 Å². The number of carbonyl (C=O) groups excluding carboxylic acids is 1. The third-order valence-corrected chi connectivity index (χ3v) is 3.31. The highest BCUT2D eigenvalue weighted by atomic mass is 16.5. The van der Waals surface area contributed by atoms with E-state index in [2.05, 4.69) is 24.1 Å². The summed E-state index contributed by atoms with van der Waals surface area (Å²) in [5.74, 6) is 0.423. The Morgan fingerprint density at radius 1 is 1.47 bits per heavy atom. The smallest absolute Gasteiger partial charge is 0.322 e. The number of methoxy groups -OCH3 is 1. The van der Waals surface area contributed by atoms with Gasteiger partial charge in [0.1, 0.15) is 6.04 Å². The SMILES string of the molecule is COC(=O)C(C)N(CC(C)C)CC1CCCN1. The summed E-state index contributed by atoms with van der Waals surface area (Å²) >= 11 is 0. The van der Waals surface area contributed by atoms with Gasteiger partial charge in [0.25, 0.3) is 0 Å². The van der Waals surface area contributed by atoms with Crippen molar-refractivity contribution in [3.05, 3.63) is 0 Å². The molecule has 1 saturated heterocycles. The zero-order chi connectivity index (χ0) is 12.8. The maximum absolute atomic E-state index is 11.6. The van der Waals surface area contributed by atoms with Crippen LogP contribution in [0.4, 0.5) is 0 Å². The second-order valence-corrected chi connectivity index (χ2v) is 5.34. The van der Waals surface area contributed by atoms with Crippen molar-refractivity contribution in [2.24, 2.45) is 5.92 Å². The molecule has 100 valence electrons. The van der Waals surface area contributed by atoms with Crippen LogP contribution < -0.4 is 5.32 Å². The van der Waals surface area contributed by atoms with Crippen molar-refractivity contribution in [2.75, 3.05) is 26.7 Å². The van der Waals surface area contributed by atoms with Gasteiger partial charge in [0.15, 0.2) is 0 Å². The maximum Gasteiger partial charge on any atom is 0.322 e. The maximum atomic E-state index is 11.6. The van der Waals surface area contributed by atoms with Crippen molar-refractivity contribution in [3.63, 3.8) is 0 Å². The molecule has 0 radical (unpaired) electrons. The second-order valence-electron chi connectivity index (χ2n) is 5.34. The zero-order valence-electron chi connectivity index (χ0n) is 11.5. The van der Waals surface area contributed by atoms with Crippen LogP contribution in [0.25, 0.3) is 0 Å². The lowest BCUT2D eigenvalue weighted by atomic mass is 10.1. The van der Waals surface area contributed by atoms with Crippen molar-refractivity contribution in [1.29, 1.82) is 0 Å². The number of hydrogen-bond donors (Lipinski definition) is 1. The number of rotatable bonds is 6. The van der Waals surface area contributed by atoms with E-state index in [0.717, 1.165) is 19.6 Å². The third kappa shape index (κ3) is 4.64. The summed E-state index contributed by atoms with van der Waals surface area (Å²) in [6.45, 7) is 9.27. The quantitative estimate of drug-likeness (QED) is 0.712. The molecule has 1 aliphatic heterocycles. The van der Waals surface area contributed by atoms with E-state index in [4.69, 9.17) is 4.74 Å². The van der Waals surface area contributed by atoms with Gasteiger partial charge in [-0.25, -0.2) is 0 Å². The number of nitrogens with zero attached hydrogens (tertiary/aromatic N) is 1. The molecule has 1 N–H and O–H groups in total. The summed E-state index contributed by atoms with van der Waals surface area (Å²) < 4.78 is 4.84. The summed E-state index contributed by atoms with van der Waals surface area (Å²) in [5, 5.41) is 3.48. The Labute approximate surface area is 105 Å². The van der Waals surface area contributed by atoms with E-state index in [1.807, 2.05) is 6.92 Å². The lowest BCUT2D eigenvalue weighted by Gasteiger charge is -2.31. The number of carbonyl (C=O) groups is 1. The first-order valence-electron chi connectivity index (χ1n) is 6.59. The van der Waals surface area contributed by atoms with E-state index in [0.29, 0.717) is 12.0 Å². The van der Waals surface area contributed by atoms with Gasteiger partial charge in [0, 0.05) is 19.1 Å². The summed E-state index contributed by atoms with van der Waals surface area (Å²) in [4.78, 5) is 13.9.